The molecule has 1 rings (SSSR count). The zero-order valence-corrected chi connectivity index (χ0v) is 9.57. The van der Waals surface area contributed by atoms with Crippen molar-refractivity contribution in [1.82, 2.24) is 0 Å². The summed E-state index contributed by atoms with van der Waals surface area (Å²) in [6.45, 7) is 4.57. The lowest BCUT2D eigenvalue weighted by Crippen LogP contribution is -2.27. The average molecular weight is 211 g/mol. The maximum absolute atomic E-state index is 10.9. The number of nitrogens with two attached hydrogens (primary N) is 1. The molecule has 15 heavy (non-hydrogen) atoms. The van der Waals surface area contributed by atoms with Crippen LogP contribution in [-0.2, 0) is 4.79 Å². The van der Waals surface area contributed by atoms with Crippen LogP contribution in [0.25, 0.3) is 0 Å². The molecule has 0 aromatic carbocycles. The van der Waals surface area contributed by atoms with Gasteiger partial charge in [0.1, 0.15) is 0 Å². The van der Waals surface area contributed by atoms with Crippen molar-refractivity contribution >= 4 is 5.97 Å². The third-order valence-corrected chi connectivity index (χ3v) is 3.14. The van der Waals surface area contributed by atoms with Crippen LogP contribution in [0.5, 0.6) is 0 Å². The number of carbonyl (C=O) groups is 1. The molecule has 3 N–H and O–H groups in total. The van der Waals surface area contributed by atoms with Gasteiger partial charge in [0.05, 0.1) is 5.92 Å². The van der Waals surface area contributed by atoms with Crippen LogP contribution in [0, 0.1) is 17.8 Å². The van der Waals surface area contributed by atoms with E-state index in [-0.39, 0.29) is 12.5 Å². The molecule has 0 fully saturated rings. The first-order valence-corrected chi connectivity index (χ1v) is 5.63. The van der Waals surface area contributed by atoms with E-state index in [1.807, 2.05) is 0 Å². The summed E-state index contributed by atoms with van der Waals surface area (Å²) >= 11 is 0. The number of rotatable bonds is 4. The zero-order chi connectivity index (χ0) is 11.4. The SMILES string of the molecule is CC1=CC(C)CC(CC(CN)C(=O)O)C1. The number of allylic oxidation sites excluding steroid dienone is 2. The van der Waals surface area contributed by atoms with Crippen LogP contribution in [-0.4, -0.2) is 17.6 Å². The summed E-state index contributed by atoms with van der Waals surface area (Å²) < 4.78 is 0. The first-order valence-electron chi connectivity index (χ1n) is 5.63. The second-order valence-electron chi connectivity index (χ2n) is 4.80. The Bertz CT molecular complexity index is 260. The van der Waals surface area contributed by atoms with E-state index in [2.05, 4.69) is 19.9 Å². The van der Waals surface area contributed by atoms with Crippen LogP contribution in [0.3, 0.4) is 0 Å². The van der Waals surface area contributed by atoms with Crippen LogP contribution < -0.4 is 5.73 Å². The lowest BCUT2D eigenvalue weighted by atomic mass is 9.79. The quantitative estimate of drug-likeness (QED) is 0.699. The van der Waals surface area contributed by atoms with E-state index in [9.17, 15) is 4.79 Å². The minimum atomic E-state index is -0.752. The Morgan fingerprint density at radius 1 is 1.73 bits per heavy atom. The number of aliphatic carboxylic acids is 1. The van der Waals surface area contributed by atoms with Gasteiger partial charge in [-0.3, -0.25) is 4.79 Å². The fraction of sp³-hybridized carbons (Fsp3) is 0.750. The molecule has 3 unspecified atom stereocenters. The van der Waals surface area contributed by atoms with Crippen LogP contribution in [0.1, 0.15) is 33.1 Å². The van der Waals surface area contributed by atoms with Crippen molar-refractivity contribution in [3.05, 3.63) is 11.6 Å². The van der Waals surface area contributed by atoms with Gasteiger partial charge in [-0.05, 0) is 38.0 Å². The van der Waals surface area contributed by atoms with E-state index in [1.54, 1.807) is 0 Å². The van der Waals surface area contributed by atoms with Crippen molar-refractivity contribution in [3.63, 3.8) is 0 Å². The fourth-order valence-corrected chi connectivity index (χ4v) is 2.57. The van der Waals surface area contributed by atoms with Crippen LogP contribution >= 0.6 is 0 Å². The maximum Gasteiger partial charge on any atom is 0.307 e. The molecule has 1 aliphatic carbocycles. The highest BCUT2D eigenvalue weighted by atomic mass is 16.4. The van der Waals surface area contributed by atoms with Crippen molar-refractivity contribution in [2.75, 3.05) is 6.54 Å². The predicted octanol–water partition coefficient (Wildman–Crippen LogP) is 2.03. The Kier molecular flexibility index (Phi) is 4.33. The normalized spacial score (nSPS) is 28.3. The summed E-state index contributed by atoms with van der Waals surface area (Å²) in [5.74, 6) is -0.0453. The smallest absolute Gasteiger partial charge is 0.307 e. The molecule has 3 heteroatoms. The van der Waals surface area contributed by atoms with Crippen molar-refractivity contribution in [2.24, 2.45) is 23.5 Å². The van der Waals surface area contributed by atoms with Gasteiger partial charge < -0.3 is 10.8 Å². The van der Waals surface area contributed by atoms with Gasteiger partial charge in [-0.2, -0.15) is 0 Å². The molecule has 1 aliphatic rings. The van der Waals surface area contributed by atoms with Gasteiger partial charge in [0.25, 0.3) is 0 Å². The third kappa shape index (κ3) is 3.67. The molecule has 0 amide bonds. The zero-order valence-electron chi connectivity index (χ0n) is 9.57. The molecule has 0 bridgehead atoms. The Morgan fingerprint density at radius 3 is 2.87 bits per heavy atom. The highest BCUT2D eigenvalue weighted by molar-refractivity contribution is 5.70. The summed E-state index contributed by atoms with van der Waals surface area (Å²) in [4.78, 5) is 10.9. The van der Waals surface area contributed by atoms with Crippen LogP contribution in [0.15, 0.2) is 11.6 Å². The van der Waals surface area contributed by atoms with Crippen LogP contribution in [0.2, 0.25) is 0 Å². The van der Waals surface area contributed by atoms with Crippen molar-refractivity contribution in [3.8, 4) is 0 Å². The molecule has 86 valence electrons. The molecule has 0 radical (unpaired) electrons. The van der Waals surface area contributed by atoms with Gasteiger partial charge >= 0.3 is 5.97 Å². The highest BCUT2D eigenvalue weighted by Gasteiger charge is 2.24. The summed E-state index contributed by atoms with van der Waals surface area (Å²) in [5, 5.41) is 8.94. The summed E-state index contributed by atoms with van der Waals surface area (Å²) in [5.41, 5.74) is 6.85. The van der Waals surface area contributed by atoms with Gasteiger partial charge in [-0.25, -0.2) is 0 Å². The largest absolute Gasteiger partial charge is 0.481 e. The average Bonchev–Trinajstić information content (AvgIpc) is 2.12. The Hall–Kier alpha value is -0.830. The lowest BCUT2D eigenvalue weighted by Gasteiger charge is -2.27. The molecule has 3 nitrogen and oxygen atoms in total. The van der Waals surface area contributed by atoms with E-state index in [0.717, 1.165) is 19.3 Å². The molecule has 0 heterocycles. The highest BCUT2D eigenvalue weighted by Crippen LogP contribution is 2.32. The van der Waals surface area contributed by atoms with Crippen molar-refractivity contribution in [1.29, 1.82) is 0 Å². The molecular formula is C12H21NO2. The molecular weight excluding hydrogens is 190 g/mol. The lowest BCUT2D eigenvalue weighted by molar-refractivity contribution is -0.142. The predicted molar refractivity (Wildman–Crippen MR) is 60.4 cm³/mol. The summed E-state index contributed by atoms with van der Waals surface area (Å²) in [6.07, 6.45) is 5.14. The Balaban J connectivity index is 2.52. The maximum atomic E-state index is 10.9. The van der Waals surface area contributed by atoms with Gasteiger partial charge in [0.15, 0.2) is 0 Å². The van der Waals surface area contributed by atoms with E-state index >= 15 is 0 Å². The first-order chi connectivity index (χ1) is 7.02. The summed E-state index contributed by atoms with van der Waals surface area (Å²) in [6, 6.07) is 0. The minimum absolute atomic E-state index is 0.253. The van der Waals surface area contributed by atoms with Crippen molar-refractivity contribution in [2.45, 2.75) is 33.1 Å². The molecule has 0 aliphatic heterocycles. The Morgan fingerprint density at radius 2 is 2.40 bits per heavy atom. The molecule has 3 atom stereocenters. The van der Waals surface area contributed by atoms with Gasteiger partial charge in [0.2, 0.25) is 0 Å². The standard InChI is InChI=1S/C12H21NO2/c1-8-3-9(2)5-10(4-8)6-11(7-13)12(14)15/h3,8,10-11H,4-7,13H2,1-2H3,(H,14,15). The van der Waals surface area contributed by atoms with Crippen LogP contribution in [0.4, 0.5) is 0 Å². The number of carboxylic acid groups (broad SMARTS) is 1. The molecule has 0 saturated carbocycles. The fourth-order valence-electron chi connectivity index (χ4n) is 2.57. The van der Waals surface area contributed by atoms with Gasteiger partial charge in [0, 0.05) is 6.54 Å². The van der Waals surface area contributed by atoms with E-state index < -0.39 is 5.97 Å². The number of carboxylic acids is 1. The molecule has 0 aromatic rings. The van der Waals surface area contributed by atoms with Gasteiger partial charge in [-0.1, -0.05) is 18.6 Å². The second kappa shape index (κ2) is 5.31. The molecule has 0 saturated heterocycles. The second-order valence-corrected chi connectivity index (χ2v) is 4.80. The summed E-state index contributed by atoms with van der Waals surface area (Å²) in [7, 11) is 0. The van der Waals surface area contributed by atoms with Gasteiger partial charge in [-0.15, -0.1) is 0 Å². The number of hydrogen-bond donors (Lipinski definition) is 2. The molecule has 0 aromatic heterocycles. The van der Waals surface area contributed by atoms with E-state index in [1.165, 1.54) is 5.57 Å². The first kappa shape index (κ1) is 12.2. The third-order valence-electron chi connectivity index (χ3n) is 3.14. The van der Waals surface area contributed by atoms with E-state index in [4.69, 9.17) is 10.8 Å². The van der Waals surface area contributed by atoms with E-state index in [0.29, 0.717) is 11.8 Å². The topological polar surface area (TPSA) is 63.3 Å². The minimum Gasteiger partial charge on any atom is -0.481 e. The van der Waals surface area contributed by atoms with Crippen molar-refractivity contribution < 1.29 is 9.90 Å². The monoisotopic (exact) mass is 211 g/mol. The molecule has 0 spiro atoms. The number of hydrogen-bond acceptors (Lipinski definition) is 2. The Labute approximate surface area is 91.4 Å².